The van der Waals surface area contributed by atoms with Crippen molar-refractivity contribution in [2.75, 3.05) is 42.2 Å². The molecule has 0 spiro atoms. The summed E-state index contributed by atoms with van der Waals surface area (Å²) < 4.78 is 25.2. The number of carbonyl (C=O) groups excluding carboxylic acids is 1. The van der Waals surface area contributed by atoms with Crippen LogP contribution in [0.5, 0.6) is 0 Å². The standard InChI is InChI=1S/C11H22O6/c1-13-7-10(16-4)8(14-2)6-9(15-3)11(12)17-5/h8-10H,6-7H2,1-5H3/t8-,9+,10-/m1/s1. The number of methoxy groups -OCH3 is 5. The SMILES string of the molecule is COC[C@@H](OC)[C@@H](C[C@H](OC)C(=O)OC)OC. The molecule has 0 heterocycles. The lowest BCUT2D eigenvalue weighted by Gasteiger charge is -2.26. The Bertz CT molecular complexity index is 208. The highest BCUT2D eigenvalue weighted by Gasteiger charge is 2.29. The van der Waals surface area contributed by atoms with Crippen molar-refractivity contribution in [3.8, 4) is 0 Å². The first-order valence-electron chi connectivity index (χ1n) is 5.29. The maximum absolute atomic E-state index is 11.4. The maximum Gasteiger partial charge on any atom is 0.335 e. The summed E-state index contributed by atoms with van der Waals surface area (Å²) in [4.78, 5) is 11.4. The molecular weight excluding hydrogens is 228 g/mol. The van der Waals surface area contributed by atoms with Gasteiger partial charge in [-0.3, -0.25) is 0 Å². The Morgan fingerprint density at radius 3 is 1.88 bits per heavy atom. The molecule has 0 radical (unpaired) electrons. The summed E-state index contributed by atoms with van der Waals surface area (Å²) in [6.07, 6.45) is -0.877. The number of carbonyl (C=O) groups is 1. The quantitative estimate of drug-likeness (QED) is 0.546. The van der Waals surface area contributed by atoms with E-state index >= 15 is 0 Å². The molecule has 0 saturated heterocycles. The largest absolute Gasteiger partial charge is 0.467 e. The number of hydrogen-bond acceptors (Lipinski definition) is 6. The molecule has 6 heteroatoms. The van der Waals surface area contributed by atoms with Gasteiger partial charge >= 0.3 is 5.97 Å². The van der Waals surface area contributed by atoms with Crippen LogP contribution in [0.3, 0.4) is 0 Å². The molecule has 0 aliphatic heterocycles. The molecule has 0 amide bonds. The van der Waals surface area contributed by atoms with Crippen molar-refractivity contribution < 1.29 is 28.5 Å². The van der Waals surface area contributed by atoms with Crippen molar-refractivity contribution in [1.82, 2.24) is 0 Å². The van der Waals surface area contributed by atoms with Gasteiger partial charge in [0.1, 0.15) is 6.10 Å². The predicted octanol–water partition coefficient (Wildman–Crippen LogP) is 0.241. The van der Waals surface area contributed by atoms with Crippen molar-refractivity contribution in [2.24, 2.45) is 0 Å². The Balaban J connectivity index is 4.48. The summed E-state index contributed by atoms with van der Waals surface area (Å²) in [7, 11) is 7.46. The fourth-order valence-corrected chi connectivity index (χ4v) is 1.52. The summed E-state index contributed by atoms with van der Waals surface area (Å²) in [6.45, 7) is 0.382. The minimum atomic E-state index is -0.667. The molecule has 0 aliphatic rings. The van der Waals surface area contributed by atoms with Crippen LogP contribution >= 0.6 is 0 Å². The van der Waals surface area contributed by atoms with Gasteiger partial charge in [0.2, 0.25) is 0 Å². The average Bonchev–Trinajstić information content (AvgIpc) is 2.37. The second-order valence-corrected chi connectivity index (χ2v) is 3.49. The summed E-state index contributed by atoms with van der Waals surface area (Å²) in [5, 5.41) is 0. The second kappa shape index (κ2) is 9.35. The molecule has 0 fully saturated rings. The fourth-order valence-electron chi connectivity index (χ4n) is 1.52. The van der Waals surface area contributed by atoms with Gasteiger partial charge in [-0.25, -0.2) is 4.79 Å². The third-order valence-electron chi connectivity index (χ3n) is 2.55. The highest BCUT2D eigenvalue weighted by atomic mass is 16.6. The molecule has 102 valence electrons. The van der Waals surface area contributed by atoms with Gasteiger partial charge in [-0.05, 0) is 0 Å². The molecule has 0 aliphatic carbocycles. The molecule has 6 nitrogen and oxygen atoms in total. The molecule has 0 saturated carbocycles. The molecule has 3 atom stereocenters. The first kappa shape index (κ1) is 16.3. The Morgan fingerprint density at radius 2 is 1.53 bits per heavy atom. The van der Waals surface area contributed by atoms with E-state index in [-0.39, 0.29) is 12.2 Å². The van der Waals surface area contributed by atoms with E-state index in [4.69, 9.17) is 18.9 Å². The molecule has 0 N–H and O–H groups in total. The molecule has 0 aromatic heterocycles. The molecular formula is C11H22O6. The fraction of sp³-hybridized carbons (Fsp3) is 0.909. The molecule has 0 unspecified atom stereocenters. The first-order valence-corrected chi connectivity index (χ1v) is 5.29. The zero-order valence-electron chi connectivity index (χ0n) is 11.1. The van der Waals surface area contributed by atoms with Crippen LogP contribution in [-0.2, 0) is 28.5 Å². The molecule has 0 aromatic carbocycles. The van der Waals surface area contributed by atoms with Crippen LogP contribution in [0.25, 0.3) is 0 Å². The van der Waals surface area contributed by atoms with Gasteiger partial charge in [-0.2, -0.15) is 0 Å². The van der Waals surface area contributed by atoms with E-state index in [1.165, 1.54) is 14.2 Å². The van der Waals surface area contributed by atoms with Crippen molar-refractivity contribution in [3.05, 3.63) is 0 Å². The lowest BCUT2D eigenvalue weighted by atomic mass is 10.1. The summed E-state index contributed by atoms with van der Waals surface area (Å²) in [5.74, 6) is -0.429. The van der Waals surface area contributed by atoms with E-state index in [9.17, 15) is 4.79 Å². The second-order valence-electron chi connectivity index (χ2n) is 3.49. The molecule has 0 rings (SSSR count). The van der Waals surface area contributed by atoms with Gasteiger partial charge < -0.3 is 23.7 Å². The summed E-state index contributed by atoms with van der Waals surface area (Å²) in [5.41, 5.74) is 0. The van der Waals surface area contributed by atoms with Crippen LogP contribution < -0.4 is 0 Å². The monoisotopic (exact) mass is 250 g/mol. The van der Waals surface area contributed by atoms with Crippen LogP contribution in [0.2, 0.25) is 0 Å². The summed E-state index contributed by atoms with van der Waals surface area (Å²) >= 11 is 0. The number of ether oxygens (including phenoxy) is 5. The van der Waals surface area contributed by atoms with Crippen LogP contribution in [0.1, 0.15) is 6.42 Å². The lowest BCUT2D eigenvalue weighted by molar-refractivity contribution is -0.157. The van der Waals surface area contributed by atoms with Crippen molar-refractivity contribution >= 4 is 5.97 Å². The highest BCUT2D eigenvalue weighted by molar-refractivity contribution is 5.74. The number of rotatable bonds is 9. The van der Waals surface area contributed by atoms with Gasteiger partial charge in [0.25, 0.3) is 0 Å². The van der Waals surface area contributed by atoms with Gasteiger partial charge in [-0.15, -0.1) is 0 Å². The smallest absolute Gasteiger partial charge is 0.335 e. The minimum Gasteiger partial charge on any atom is -0.467 e. The summed E-state index contributed by atoms with van der Waals surface area (Å²) in [6, 6.07) is 0. The number of hydrogen-bond donors (Lipinski definition) is 0. The molecule has 0 bridgehead atoms. The Morgan fingerprint density at radius 1 is 0.941 bits per heavy atom. The molecule has 0 aromatic rings. The van der Waals surface area contributed by atoms with Crippen LogP contribution in [0, 0.1) is 0 Å². The first-order chi connectivity index (χ1) is 8.14. The minimum absolute atomic E-state index is 0.257. The Kier molecular flexibility index (Phi) is 8.97. The van der Waals surface area contributed by atoms with Crippen molar-refractivity contribution in [1.29, 1.82) is 0 Å². The zero-order chi connectivity index (χ0) is 13.3. The van der Waals surface area contributed by atoms with Gasteiger partial charge in [0.15, 0.2) is 6.10 Å². The predicted molar refractivity (Wildman–Crippen MR) is 60.9 cm³/mol. The van der Waals surface area contributed by atoms with E-state index in [1.54, 1.807) is 21.3 Å². The van der Waals surface area contributed by atoms with E-state index < -0.39 is 12.1 Å². The third-order valence-corrected chi connectivity index (χ3v) is 2.55. The molecule has 17 heavy (non-hydrogen) atoms. The van der Waals surface area contributed by atoms with E-state index in [1.807, 2.05) is 0 Å². The van der Waals surface area contributed by atoms with Gasteiger partial charge in [0.05, 0.1) is 19.8 Å². The van der Waals surface area contributed by atoms with Gasteiger partial charge in [0, 0.05) is 34.9 Å². The van der Waals surface area contributed by atoms with Crippen LogP contribution in [0.4, 0.5) is 0 Å². The van der Waals surface area contributed by atoms with Crippen LogP contribution in [0.15, 0.2) is 0 Å². The van der Waals surface area contributed by atoms with E-state index in [2.05, 4.69) is 4.74 Å². The third kappa shape index (κ3) is 5.45. The normalized spacial score (nSPS) is 16.3. The number of esters is 1. The zero-order valence-corrected chi connectivity index (χ0v) is 11.1. The van der Waals surface area contributed by atoms with Crippen molar-refractivity contribution in [3.63, 3.8) is 0 Å². The highest BCUT2D eigenvalue weighted by Crippen LogP contribution is 2.13. The van der Waals surface area contributed by atoms with E-state index in [0.717, 1.165) is 0 Å². The van der Waals surface area contributed by atoms with E-state index in [0.29, 0.717) is 13.0 Å². The Labute approximate surface area is 102 Å². The van der Waals surface area contributed by atoms with Crippen molar-refractivity contribution in [2.45, 2.75) is 24.7 Å². The topological polar surface area (TPSA) is 63.2 Å². The average molecular weight is 250 g/mol. The maximum atomic E-state index is 11.4. The van der Waals surface area contributed by atoms with Gasteiger partial charge in [-0.1, -0.05) is 0 Å². The Hall–Kier alpha value is -0.690. The lowest BCUT2D eigenvalue weighted by Crippen LogP contribution is -2.39. The van der Waals surface area contributed by atoms with Crippen LogP contribution in [-0.4, -0.2) is 66.4 Å².